The Kier molecular flexibility index (Phi) is 5.54. The highest BCUT2D eigenvalue weighted by Crippen LogP contribution is 2.61. The van der Waals surface area contributed by atoms with E-state index in [9.17, 15) is 10.1 Å². The predicted molar refractivity (Wildman–Crippen MR) is 112 cm³/mol. The predicted octanol–water partition coefficient (Wildman–Crippen LogP) is 3.91. The minimum atomic E-state index is -0.275. The van der Waals surface area contributed by atoms with E-state index >= 15 is 0 Å². The minimum Gasteiger partial charge on any atom is -0.496 e. The summed E-state index contributed by atoms with van der Waals surface area (Å²) in [4.78, 5) is 12.8. The third-order valence-corrected chi connectivity index (χ3v) is 7.45. The lowest BCUT2D eigenvalue weighted by Crippen LogP contribution is -2.56. The third-order valence-electron chi connectivity index (χ3n) is 7.45. The molecule has 4 fully saturated rings. The first-order valence-electron chi connectivity index (χ1n) is 10.8. The fraction of sp³-hybridized carbons (Fsp3) is 0.583. The Morgan fingerprint density at radius 2 is 1.86 bits per heavy atom. The molecule has 0 radical (unpaired) electrons. The summed E-state index contributed by atoms with van der Waals surface area (Å²) in [6.45, 7) is 2.63. The molecule has 2 N–H and O–H groups in total. The molecule has 0 aromatic heterocycles. The SMILES string of the molecule is COc1ccccc1CN/C=C(/C#N)C(=O)NC(C)C12CC3CC(CC(C3)C1)C2. The van der Waals surface area contributed by atoms with E-state index < -0.39 is 0 Å². The zero-order chi connectivity index (χ0) is 20.4. The molecule has 0 heterocycles. The molecule has 29 heavy (non-hydrogen) atoms. The second-order valence-corrected chi connectivity index (χ2v) is 9.34. The standard InChI is InChI=1S/C24H31N3O2/c1-16(24-10-17-7-18(11-24)9-19(8-17)12-24)27-23(28)21(13-25)15-26-14-20-5-3-4-6-22(20)29-2/h3-6,15-19,26H,7-12,14H2,1-2H3,(H,27,28)/b21-15-. The highest BCUT2D eigenvalue weighted by molar-refractivity contribution is 5.97. The number of ether oxygens (including phenoxy) is 1. The Labute approximate surface area is 173 Å². The van der Waals surface area contributed by atoms with Crippen molar-refractivity contribution in [1.82, 2.24) is 10.6 Å². The Balaban J connectivity index is 1.37. The highest BCUT2D eigenvalue weighted by Gasteiger charge is 2.53. The van der Waals surface area contributed by atoms with Gasteiger partial charge in [0, 0.05) is 24.4 Å². The summed E-state index contributed by atoms with van der Waals surface area (Å²) in [6, 6.07) is 9.86. The van der Waals surface area contributed by atoms with E-state index in [2.05, 4.69) is 23.6 Å². The largest absolute Gasteiger partial charge is 0.496 e. The number of carbonyl (C=O) groups is 1. The zero-order valence-corrected chi connectivity index (χ0v) is 17.4. The molecule has 4 bridgehead atoms. The van der Waals surface area contributed by atoms with Crippen LogP contribution in [0.2, 0.25) is 0 Å². The molecule has 4 aliphatic rings. The van der Waals surface area contributed by atoms with E-state index in [1.807, 2.05) is 24.3 Å². The minimum absolute atomic E-state index is 0.106. The second kappa shape index (κ2) is 8.10. The molecule has 1 aromatic rings. The smallest absolute Gasteiger partial charge is 0.263 e. The second-order valence-electron chi connectivity index (χ2n) is 9.34. The lowest BCUT2D eigenvalue weighted by molar-refractivity contribution is -0.122. The van der Waals surface area contributed by atoms with Crippen LogP contribution in [-0.2, 0) is 11.3 Å². The van der Waals surface area contributed by atoms with Gasteiger partial charge in [-0.2, -0.15) is 5.26 Å². The molecule has 154 valence electrons. The van der Waals surface area contributed by atoms with Crippen LogP contribution >= 0.6 is 0 Å². The van der Waals surface area contributed by atoms with E-state index in [-0.39, 0.29) is 22.9 Å². The Morgan fingerprint density at radius 3 is 2.45 bits per heavy atom. The Morgan fingerprint density at radius 1 is 1.24 bits per heavy atom. The van der Waals surface area contributed by atoms with Crippen LogP contribution in [0.3, 0.4) is 0 Å². The van der Waals surface area contributed by atoms with Gasteiger partial charge in [0.1, 0.15) is 17.4 Å². The van der Waals surface area contributed by atoms with Gasteiger partial charge in [0.2, 0.25) is 0 Å². The van der Waals surface area contributed by atoms with Gasteiger partial charge in [0.25, 0.3) is 5.91 Å². The molecule has 5 nitrogen and oxygen atoms in total. The fourth-order valence-corrected chi connectivity index (χ4v) is 6.40. The van der Waals surface area contributed by atoms with Crippen molar-refractivity contribution in [2.24, 2.45) is 23.2 Å². The molecule has 1 atom stereocenters. The number of benzene rings is 1. The van der Waals surface area contributed by atoms with Gasteiger partial charge in [-0.15, -0.1) is 0 Å². The van der Waals surface area contributed by atoms with Crippen LogP contribution in [0.15, 0.2) is 36.0 Å². The summed E-state index contributed by atoms with van der Waals surface area (Å²) in [6.07, 6.45) is 9.38. The van der Waals surface area contributed by atoms with E-state index in [0.717, 1.165) is 29.1 Å². The van der Waals surface area contributed by atoms with Gasteiger partial charge in [0.05, 0.1) is 7.11 Å². The monoisotopic (exact) mass is 393 g/mol. The first kappa shape index (κ1) is 19.8. The fourth-order valence-electron chi connectivity index (χ4n) is 6.40. The maximum atomic E-state index is 12.8. The maximum absolute atomic E-state index is 12.8. The molecular weight excluding hydrogens is 362 g/mol. The van der Waals surface area contributed by atoms with Gasteiger partial charge < -0.3 is 15.4 Å². The quantitative estimate of drug-likeness (QED) is 0.544. The molecule has 4 aliphatic carbocycles. The average Bonchev–Trinajstić information content (AvgIpc) is 2.70. The number of hydrogen-bond acceptors (Lipinski definition) is 4. The van der Waals surface area contributed by atoms with Crippen LogP contribution in [-0.4, -0.2) is 19.1 Å². The van der Waals surface area contributed by atoms with E-state index in [0.29, 0.717) is 6.54 Å². The van der Waals surface area contributed by atoms with Crippen molar-refractivity contribution in [3.63, 3.8) is 0 Å². The number of amides is 1. The van der Waals surface area contributed by atoms with E-state index in [1.54, 1.807) is 7.11 Å². The lowest BCUT2D eigenvalue weighted by atomic mass is 9.48. The van der Waals surface area contributed by atoms with Gasteiger partial charge in [-0.05, 0) is 74.7 Å². The summed E-state index contributed by atoms with van der Waals surface area (Å²) < 4.78 is 5.34. The van der Waals surface area contributed by atoms with Crippen LogP contribution < -0.4 is 15.4 Å². The molecule has 1 amide bonds. The lowest BCUT2D eigenvalue weighted by Gasteiger charge is -2.59. The molecule has 0 aliphatic heterocycles. The van der Waals surface area contributed by atoms with Crippen molar-refractivity contribution < 1.29 is 9.53 Å². The molecule has 5 heteroatoms. The molecule has 1 aromatic carbocycles. The van der Waals surface area contributed by atoms with E-state index in [4.69, 9.17) is 4.74 Å². The number of rotatable bonds is 7. The molecule has 4 saturated carbocycles. The number of nitrogens with zero attached hydrogens (tertiary/aromatic N) is 1. The summed E-state index contributed by atoms with van der Waals surface area (Å²) in [5.41, 5.74) is 1.33. The third kappa shape index (κ3) is 3.99. The highest BCUT2D eigenvalue weighted by atomic mass is 16.5. The van der Waals surface area contributed by atoms with E-state index in [1.165, 1.54) is 44.7 Å². The number of nitrogens with one attached hydrogen (secondary N) is 2. The summed E-state index contributed by atoms with van der Waals surface area (Å²) in [7, 11) is 1.63. The van der Waals surface area contributed by atoms with Crippen molar-refractivity contribution in [3.05, 3.63) is 41.6 Å². The van der Waals surface area contributed by atoms with Gasteiger partial charge in [-0.1, -0.05) is 18.2 Å². The molecular formula is C24H31N3O2. The Hall–Kier alpha value is -2.48. The normalized spacial score (nSPS) is 31.1. The van der Waals surface area contributed by atoms with Crippen LogP contribution in [0.1, 0.15) is 51.0 Å². The first-order chi connectivity index (χ1) is 14.0. The summed E-state index contributed by atoms with van der Waals surface area (Å²) >= 11 is 0. The Bertz CT molecular complexity index is 803. The molecule has 0 spiro atoms. The van der Waals surface area contributed by atoms with Gasteiger partial charge in [0.15, 0.2) is 0 Å². The van der Waals surface area contributed by atoms with Crippen molar-refractivity contribution in [3.8, 4) is 11.8 Å². The van der Waals surface area contributed by atoms with Crippen molar-refractivity contribution in [1.29, 1.82) is 5.26 Å². The number of para-hydroxylation sites is 1. The maximum Gasteiger partial charge on any atom is 0.263 e. The zero-order valence-electron chi connectivity index (χ0n) is 17.4. The van der Waals surface area contributed by atoms with Crippen LogP contribution in [0, 0.1) is 34.5 Å². The molecule has 5 rings (SSSR count). The molecule has 1 unspecified atom stereocenters. The topological polar surface area (TPSA) is 74.1 Å². The van der Waals surface area contributed by atoms with Crippen LogP contribution in [0.5, 0.6) is 5.75 Å². The number of nitriles is 1. The van der Waals surface area contributed by atoms with Crippen molar-refractivity contribution in [2.45, 2.75) is 58.0 Å². The van der Waals surface area contributed by atoms with Gasteiger partial charge >= 0.3 is 0 Å². The summed E-state index contributed by atoms with van der Waals surface area (Å²) in [5, 5.41) is 15.8. The number of carbonyl (C=O) groups excluding carboxylic acids is 1. The average molecular weight is 394 g/mol. The van der Waals surface area contributed by atoms with Crippen molar-refractivity contribution >= 4 is 5.91 Å². The summed E-state index contributed by atoms with van der Waals surface area (Å²) in [5.74, 6) is 3.03. The van der Waals surface area contributed by atoms with Gasteiger partial charge in [-0.3, -0.25) is 4.79 Å². The van der Waals surface area contributed by atoms with Crippen molar-refractivity contribution in [2.75, 3.05) is 7.11 Å². The van der Waals surface area contributed by atoms with Crippen LogP contribution in [0.25, 0.3) is 0 Å². The number of methoxy groups -OCH3 is 1. The number of hydrogen-bond donors (Lipinski definition) is 2. The first-order valence-corrected chi connectivity index (χ1v) is 10.8. The van der Waals surface area contributed by atoms with Crippen LogP contribution in [0.4, 0.5) is 0 Å². The molecule has 0 saturated heterocycles. The van der Waals surface area contributed by atoms with Gasteiger partial charge in [-0.25, -0.2) is 0 Å².